The molecule has 0 aromatic carbocycles. The van der Waals surface area contributed by atoms with Gasteiger partial charge >= 0.3 is 0 Å². The molecular weight excluding hydrogens is 200 g/mol. The highest BCUT2D eigenvalue weighted by molar-refractivity contribution is 4.78. The number of nitrogens with zero attached hydrogens (tertiary/aromatic N) is 1. The van der Waals surface area contributed by atoms with Crippen LogP contribution in [-0.2, 0) is 0 Å². The van der Waals surface area contributed by atoms with Crippen molar-refractivity contribution in [2.45, 2.75) is 51.1 Å². The summed E-state index contributed by atoms with van der Waals surface area (Å²) in [6, 6.07) is 1.02. The normalized spacial score (nSPS) is 28.3. The van der Waals surface area contributed by atoms with Crippen molar-refractivity contribution in [2.75, 3.05) is 27.2 Å². The first kappa shape index (κ1) is 13.9. The van der Waals surface area contributed by atoms with Crippen molar-refractivity contribution in [3.05, 3.63) is 0 Å². The van der Waals surface area contributed by atoms with Gasteiger partial charge in [-0.1, -0.05) is 19.8 Å². The van der Waals surface area contributed by atoms with E-state index in [0.29, 0.717) is 0 Å². The molecule has 2 N–H and O–H groups in total. The molecule has 16 heavy (non-hydrogen) atoms. The Labute approximate surface area is 100 Å². The number of hydrogen-bond acceptors (Lipinski definition) is 3. The van der Waals surface area contributed by atoms with Gasteiger partial charge in [0.25, 0.3) is 0 Å². The molecule has 1 saturated carbocycles. The molecular formula is C13H28N2O. The van der Waals surface area contributed by atoms with E-state index in [4.69, 9.17) is 5.11 Å². The summed E-state index contributed by atoms with van der Waals surface area (Å²) in [7, 11) is 4.15. The molecule has 0 bridgehead atoms. The molecule has 0 saturated heterocycles. The van der Waals surface area contributed by atoms with Crippen molar-refractivity contribution in [3.8, 4) is 0 Å². The van der Waals surface area contributed by atoms with Crippen LogP contribution in [0.3, 0.4) is 0 Å². The topological polar surface area (TPSA) is 35.5 Å². The Morgan fingerprint density at radius 1 is 1.44 bits per heavy atom. The SMILES string of the molecule is CNC(CO)CCN(C)C1CCCC(C)C1. The third-order valence-electron chi connectivity index (χ3n) is 3.99. The van der Waals surface area contributed by atoms with Crippen molar-refractivity contribution in [1.82, 2.24) is 10.2 Å². The molecule has 1 aliphatic carbocycles. The van der Waals surface area contributed by atoms with Crippen LogP contribution in [0.1, 0.15) is 39.0 Å². The molecule has 0 radical (unpaired) electrons. The Balaban J connectivity index is 2.25. The Hall–Kier alpha value is -0.120. The monoisotopic (exact) mass is 228 g/mol. The van der Waals surface area contributed by atoms with E-state index in [1.807, 2.05) is 7.05 Å². The van der Waals surface area contributed by atoms with Crippen LogP contribution in [0.4, 0.5) is 0 Å². The van der Waals surface area contributed by atoms with E-state index in [2.05, 4.69) is 24.2 Å². The first-order valence-corrected chi connectivity index (χ1v) is 6.65. The zero-order chi connectivity index (χ0) is 12.0. The predicted octanol–water partition coefficient (Wildman–Crippen LogP) is 1.47. The van der Waals surface area contributed by atoms with E-state index < -0.39 is 0 Å². The van der Waals surface area contributed by atoms with Crippen LogP contribution in [0.15, 0.2) is 0 Å². The van der Waals surface area contributed by atoms with Crippen LogP contribution in [0, 0.1) is 5.92 Å². The van der Waals surface area contributed by atoms with Gasteiger partial charge in [-0.2, -0.15) is 0 Å². The van der Waals surface area contributed by atoms with Gasteiger partial charge < -0.3 is 15.3 Å². The maximum absolute atomic E-state index is 9.11. The maximum Gasteiger partial charge on any atom is 0.0585 e. The molecule has 0 heterocycles. The Morgan fingerprint density at radius 2 is 2.19 bits per heavy atom. The average molecular weight is 228 g/mol. The Bertz CT molecular complexity index is 183. The minimum absolute atomic E-state index is 0.241. The molecule has 0 aliphatic heterocycles. The summed E-state index contributed by atoms with van der Waals surface area (Å²) in [5.41, 5.74) is 0. The zero-order valence-electron chi connectivity index (χ0n) is 11.1. The molecule has 1 fully saturated rings. The van der Waals surface area contributed by atoms with Crippen molar-refractivity contribution < 1.29 is 5.11 Å². The van der Waals surface area contributed by atoms with Gasteiger partial charge in [-0.25, -0.2) is 0 Å². The molecule has 1 aliphatic rings. The second-order valence-corrected chi connectivity index (χ2v) is 5.36. The second-order valence-electron chi connectivity index (χ2n) is 5.36. The molecule has 3 atom stereocenters. The standard InChI is InChI=1S/C13H28N2O/c1-11-5-4-6-13(9-11)15(3)8-7-12(10-16)14-2/h11-14,16H,4-10H2,1-3H3. The number of rotatable bonds is 6. The van der Waals surface area contributed by atoms with Crippen LogP contribution < -0.4 is 5.32 Å². The van der Waals surface area contributed by atoms with Gasteiger partial charge in [0, 0.05) is 12.1 Å². The van der Waals surface area contributed by atoms with E-state index >= 15 is 0 Å². The van der Waals surface area contributed by atoms with E-state index in [-0.39, 0.29) is 12.6 Å². The van der Waals surface area contributed by atoms with Gasteiger partial charge in [0.1, 0.15) is 0 Å². The lowest BCUT2D eigenvalue weighted by molar-refractivity contribution is 0.150. The number of hydrogen-bond donors (Lipinski definition) is 2. The van der Waals surface area contributed by atoms with E-state index in [0.717, 1.165) is 24.9 Å². The van der Waals surface area contributed by atoms with Crippen molar-refractivity contribution in [2.24, 2.45) is 5.92 Å². The van der Waals surface area contributed by atoms with Crippen molar-refractivity contribution >= 4 is 0 Å². The minimum Gasteiger partial charge on any atom is -0.395 e. The summed E-state index contributed by atoms with van der Waals surface area (Å²) >= 11 is 0. The first-order valence-electron chi connectivity index (χ1n) is 6.65. The first-order chi connectivity index (χ1) is 7.67. The fraction of sp³-hybridized carbons (Fsp3) is 1.00. The molecule has 0 aromatic rings. The van der Waals surface area contributed by atoms with Gasteiger partial charge in [0.05, 0.1) is 6.61 Å². The average Bonchev–Trinajstić information content (AvgIpc) is 2.30. The Morgan fingerprint density at radius 3 is 2.75 bits per heavy atom. The molecule has 3 nitrogen and oxygen atoms in total. The van der Waals surface area contributed by atoms with Crippen LogP contribution in [0.2, 0.25) is 0 Å². The fourth-order valence-corrected chi connectivity index (χ4v) is 2.67. The van der Waals surface area contributed by atoms with Gasteiger partial charge in [-0.05, 0) is 45.8 Å². The highest BCUT2D eigenvalue weighted by Crippen LogP contribution is 2.26. The van der Waals surface area contributed by atoms with Gasteiger partial charge in [0.2, 0.25) is 0 Å². The summed E-state index contributed by atoms with van der Waals surface area (Å²) in [6.45, 7) is 3.69. The summed E-state index contributed by atoms with van der Waals surface area (Å²) in [6.07, 6.45) is 6.52. The third kappa shape index (κ3) is 4.40. The number of aliphatic hydroxyl groups is 1. The second kappa shape index (κ2) is 7.25. The highest BCUT2D eigenvalue weighted by atomic mass is 16.3. The predicted molar refractivity (Wildman–Crippen MR) is 68.6 cm³/mol. The molecule has 3 unspecified atom stereocenters. The molecule has 96 valence electrons. The van der Waals surface area contributed by atoms with Crippen LogP contribution >= 0.6 is 0 Å². The minimum atomic E-state index is 0.241. The quantitative estimate of drug-likeness (QED) is 0.722. The lowest BCUT2D eigenvalue weighted by Crippen LogP contribution is -2.39. The molecule has 3 heteroatoms. The zero-order valence-corrected chi connectivity index (χ0v) is 11.1. The summed E-state index contributed by atoms with van der Waals surface area (Å²) in [5.74, 6) is 0.888. The van der Waals surface area contributed by atoms with Gasteiger partial charge in [-0.3, -0.25) is 0 Å². The van der Waals surface area contributed by atoms with Crippen LogP contribution in [-0.4, -0.2) is 49.3 Å². The van der Waals surface area contributed by atoms with Crippen LogP contribution in [0.25, 0.3) is 0 Å². The summed E-state index contributed by atoms with van der Waals surface area (Å²) < 4.78 is 0. The lowest BCUT2D eigenvalue weighted by Gasteiger charge is -2.34. The largest absolute Gasteiger partial charge is 0.395 e. The summed E-state index contributed by atoms with van der Waals surface area (Å²) in [4.78, 5) is 2.48. The smallest absolute Gasteiger partial charge is 0.0585 e. The molecule has 0 aromatic heterocycles. The third-order valence-corrected chi connectivity index (χ3v) is 3.99. The highest BCUT2D eigenvalue weighted by Gasteiger charge is 2.22. The number of likely N-dealkylation sites (N-methyl/N-ethyl adjacent to an activating group) is 1. The van der Waals surface area contributed by atoms with Gasteiger partial charge in [0.15, 0.2) is 0 Å². The fourth-order valence-electron chi connectivity index (χ4n) is 2.67. The van der Waals surface area contributed by atoms with E-state index in [1.54, 1.807) is 0 Å². The lowest BCUT2D eigenvalue weighted by atomic mass is 9.86. The number of aliphatic hydroxyl groups excluding tert-OH is 1. The molecule has 0 spiro atoms. The van der Waals surface area contributed by atoms with E-state index in [9.17, 15) is 0 Å². The Kier molecular flexibility index (Phi) is 6.32. The van der Waals surface area contributed by atoms with E-state index in [1.165, 1.54) is 25.7 Å². The maximum atomic E-state index is 9.11. The van der Waals surface area contributed by atoms with Gasteiger partial charge in [-0.15, -0.1) is 0 Å². The van der Waals surface area contributed by atoms with Crippen molar-refractivity contribution in [3.63, 3.8) is 0 Å². The number of nitrogens with one attached hydrogen (secondary N) is 1. The summed E-state index contributed by atoms with van der Waals surface area (Å²) in [5, 5.41) is 12.3. The molecule has 1 rings (SSSR count). The van der Waals surface area contributed by atoms with Crippen LogP contribution in [0.5, 0.6) is 0 Å². The van der Waals surface area contributed by atoms with Crippen molar-refractivity contribution in [1.29, 1.82) is 0 Å². The molecule has 0 amide bonds.